The van der Waals surface area contributed by atoms with Gasteiger partial charge in [0.1, 0.15) is 6.54 Å². The fourth-order valence-corrected chi connectivity index (χ4v) is 4.16. The molecule has 1 N–H and O–H groups in total. The number of carbonyl (C=O) groups is 1. The zero-order valence-corrected chi connectivity index (χ0v) is 17.4. The fraction of sp³-hybridized carbons (Fsp3) is 0.381. The van der Waals surface area contributed by atoms with Crippen molar-refractivity contribution in [1.82, 2.24) is 5.32 Å². The number of benzene rings is 2. The van der Waals surface area contributed by atoms with Gasteiger partial charge in [0, 0.05) is 12.1 Å². The molecule has 29 heavy (non-hydrogen) atoms. The summed E-state index contributed by atoms with van der Waals surface area (Å²) in [6.07, 6.45) is 1.60. The van der Waals surface area contributed by atoms with Crippen LogP contribution in [0.15, 0.2) is 48.5 Å². The van der Waals surface area contributed by atoms with E-state index in [9.17, 15) is 13.2 Å². The summed E-state index contributed by atoms with van der Waals surface area (Å²) in [6.45, 7) is 3.28. The minimum absolute atomic E-state index is 0.0781. The Morgan fingerprint density at radius 2 is 1.86 bits per heavy atom. The SMILES string of the molecule is CCS(=O)(=O)N(CC(=O)N[C@@H](C)CCc1ccccc1)c1ccc2c(c1)OCO2. The van der Waals surface area contributed by atoms with E-state index in [-0.39, 0.29) is 31.0 Å². The maximum atomic E-state index is 12.6. The molecule has 0 radical (unpaired) electrons. The van der Waals surface area contributed by atoms with Crippen LogP contribution >= 0.6 is 0 Å². The zero-order chi connectivity index (χ0) is 20.9. The van der Waals surface area contributed by atoms with E-state index in [0.717, 1.165) is 17.1 Å². The Hall–Kier alpha value is -2.74. The first kappa shape index (κ1) is 21.0. The number of carbonyl (C=O) groups excluding carboxylic acids is 1. The third-order valence-electron chi connectivity index (χ3n) is 4.75. The smallest absolute Gasteiger partial charge is 0.240 e. The van der Waals surface area contributed by atoms with Crippen LogP contribution in [0.2, 0.25) is 0 Å². The summed E-state index contributed by atoms with van der Waals surface area (Å²) in [7, 11) is -3.64. The van der Waals surface area contributed by atoms with Crippen molar-refractivity contribution in [3.8, 4) is 11.5 Å². The van der Waals surface area contributed by atoms with Gasteiger partial charge in [-0.15, -0.1) is 0 Å². The molecule has 1 aliphatic heterocycles. The van der Waals surface area contributed by atoms with E-state index >= 15 is 0 Å². The van der Waals surface area contributed by atoms with E-state index in [0.29, 0.717) is 17.2 Å². The molecule has 2 aromatic carbocycles. The summed E-state index contributed by atoms with van der Waals surface area (Å²) in [6, 6.07) is 14.8. The van der Waals surface area contributed by atoms with E-state index in [1.165, 1.54) is 5.56 Å². The van der Waals surface area contributed by atoms with Gasteiger partial charge in [-0.3, -0.25) is 9.10 Å². The molecule has 0 spiro atoms. The van der Waals surface area contributed by atoms with Crippen LogP contribution in [0.4, 0.5) is 5.69 Å². The van der Waals surface area contributed by atoms with Gasteiger partial charge in [0.05, 0.1) is 11.4 Å². The molecule has 1 aliphatic rings. The zero-order valence-electron chi connectivity index (χ0n) is 16.6. The molecule has 1 amide bonds. The first-order chi connectivity index (χ1) is 13.9. The standard InChI is InChI=1S/C21H26N2O5S/c1-3-29(25,26)23(18-11-12-19-20(13-18)28-15-27-19)14-21(24)22-16(2)9-10-17-7-5-4-6-8-17/h4-8,11-13,16H,3,9-10,14-15H2,1-2H3,(H,22,24)/t16-/m0/s1. The number of amides is 1. The minimum Gasteiger partial charge on any atom is -0.454 e. The quantitative estimate of drug-likeness (QED) is 0.677. The Bertz CT molecular complexity index is 947. The lowest BCUT2D eigenvalue weighted by atomic mass is 10.1. The average Bonchev–Trinajstić information content (AvgIpc) is 3.19. The highest BCUT2D eigenvalue weighted by molar-refractivity contribution is 7.92. The average molecular weight is 419 g/mol. The van der Waals surface area contributed by atoms with Gasteiger partial charge < -0.3 is 14.8 Å². The molecule has 3 rings (SSSR count). The molecule has 0 bridgehead atoms. The predicted octanol–water partition coefficient (Wildman–Crippen LogP) is 2.71. The van der Waals surface area contributed by atoms with Crippen molar-refractivity contribution in [2.24, 2.45) is 0 Å². The van der Waals surface area contributed by atoms with Gasteiger partial charge in [-0.1, -0.05) is 30.3 Å². The summed E-state index contributed by atoms with van der Waals surface area (Å²) in [5, 5.41) is 2.90. The van der Waals surface area contributed by atoms with E-state index < -0.39 is 10.0 Å². The van der Waals surface area contributed by atoms with E-state index in [4.69, 9.17) is 9.47 Å². The lowest BCUT2D eigenvalue weighted by Gasteiger charge is -2.24. The number of anilines is 1. The van der Waals surface area contributed by atoms with Crippen molar-refractivity contribution in [2.45, 2.75) is 32.7 Å². The topological polar surface area (TPSA) is 84.9 Å². The number of sulfonamides is 1. The number of rotatable bonds is 9. The van der Waals surface area contributed by atoms with Crippen LogP contribution in [-0.4, -0.2) is 39.5 Å². The molecule has 0 saturated heterocycles. The molecule has 0 saturated carbocycles. The highest BCUT2D eigenvalue weighted by Crippen LogP contribution is 2.36. The summed E-state index contributed by atoms with van der Waals surface area (Å²) in [5.74, 6) is 0.565. The molecule has 0 fully saturated rings. The number of hydrogen-bond donors (Lipinski definition) is 1. The lowest BCUT2D eigenvalue weighted by Crippen LogP contribution is -2.44. The van der Waals surface area contributed by atoms with E-state index in [2.05, 4.69) is 5.32 Å². The number of aryl methyl sites for hydroxylation is 1. The van der Waals surface area contributed by atoms with Crippen molar-refractivity contribution in [2.75, 3.05) is 23.4 Å². The maximum Gasteiger partial charge on any atom is 0.240 e. The maximum absolute atomic E-state index is 12.6. The Kier molecular flexibility index (Phi) is 6.64. The number of fused-ring (bicyclic) bond motifs is 1. The van der Waals surface area contributed by atoms with Crippen molar-refractivity contribution in [1.29, 1.82) is 0 Å². The molecule has 1 heterocycles. The van der Waals surface area contributed by atoms with Gasteiger partial charge >= 0.3 is 0 Å². The summed E-state index contributed by atoms with van der Waals surface area (Å²) < 4.78 is 36.9. The Morgan fingerprint density at radius 1 is 1.14 bits per heavy atom. The van der Waals surface area contributed by atoms with Crippen molar-refractivity contribution < 1.29 is 22.7 Å². The predicted molar refractivity (Wildman–Crippen MR) is 112 cm³/mol. The highest BCUT2D eigenvalue weighted by atomic mass is 32.2. The van der Waals surface area contributed by atoms with Crippen molar-refractivity contribution >= 4 is 21.6 Å². The Labute approximate surface area is 171 Å². The van der Waals surface area contributed by atoms with Crippen LogP contribution in [-0.2, 0) is 21.2 Å². The molecule has 0 unspecified atom stereocenters. The molecule has 7 nitrogen and oxygen atoms in total. The van der Waals surface area contributed by atoms with Crippen LogP contribution in [0.1, 0.15) is 25.8 Å². The summed E-state index contributed by atoms with van der Waals surface area (Å²) in [4.78, 5) is 12.6. The van der Waals surface area contributed by atoms with E-state index in [1.54, 1.807) is 25.1 Å². The number of hydrogen-bond acceptors (Lipinski definition) is 5. The number of nitrogens with zero attached hydrogens (tertiary/aromatic N) is 1. The largest absolute Gasteiger partial charge is 0.454 e. The van der Waals surface area contributed by atoms with Gasteiger partial charge in [-0.05, 0) is 44.4 Å². The number of nitrogens with one attached hydrogen (secondary N) is 1. The van der Waals surface area contributed by atoms with Crippen LogP contribution in [0.25, 0.3) is 0 Å². The highest BCUT2D eigenvalue weighted by Gasteiger charge is 2.26. The summed E-state index contributed by atoms with van der Waals surface area (Å²) >= 11 is 0. The molecular formula is C21H26N2O5S. The van der Waals surface area contributed by atoms with Gasteiger partial charge in [-0.2, -0.15) is 0 Å². The van der Waals surface area contributed by atoms with Crippen molar-refractivity contribution in [3.05, 3.63) is 54.1 Å². The molecule has 0 aliphatic carbocycles. The Balaban J connectivity index is 1.65. The van der Waals surface area contributed by atoms with Gasteiger partial charge in [0.25, 0.3) is 0 Å². The molecule has 0 aromatic heterocycles. The van der Waals surface area contributed by atoms with Crippen molar-refractivity contribution in [3.63, 3.8) is 0 Å². The second-order valence-corrected chi connectivity index (χ2v) is 9.12. The first-order valence-electron chi connectivity index (χ1n) is 9.62. The lowest BCUT2D eigenvalue weighted by molar-refractivity contribution is -0.120. The second kappa shape index (κ2) is 9.17. The van der Waals surface area contributed by atoms with Crippen LogP contribution in [0, 0.1) is 0 Å². The van der Waals surface area contributed by atoms with Crippen LogP contribution < -0.4 is 19.1 Å². The first-order valence-corrected chi connectivity index (χ1v) is 11.2. The second-order valence-electron chi connectivity index (χ2n) is 6.94. The molecule has 156 valence electrons. The fourth-order valence-electron chi connectivity index (χ4n) is 3.10. The van der Waals surface area contributed by atoms with Crippen LogP contribution in [0.5, 0.6) is 11.5 Å². The molecular weight excluding hydrogens is 392 g/mol. The Morgan fingerprint density at radius 3 is 2.59 bits per heavy atom. The monoisotopic (exact) mass is 418 g/mol. The molecule has 8 heteroatoms. The van der Waals surface area contributed by atoms with Crippen LogP contribution in [0.3, 0.4) is 0 Å². The summed E-state index contributed by atoms with van der Waals surface area (Å²) in [5.41, 5.74) is 1.58. The van der Waals surface area contributed by atoms with Gasteiger partial charge in [0.2, 0.25) is 22.7 Å². The molecule has 2 aromatic rings. The van der Waals surface area contributed by atoms with E-state index in [1.807, 2.05) is 37.3 Å². The third-order valence-corrected chi connectivity index (χ3v) is 6.49. The number of ether oxygens (including phenoxy) is 2. The van der Waals surface area contributed by atoms with Gasteiger partial charge in [0.15, 0.2) is 11.5 Å². The third kappa shape index (κ3) is 5.41. The minimum atomic E-state index is -3.64. The molecule has 1 atom stereocenters. The van der Waals surface area contributed by atoms with Gasteiger partial charge in [-0.25, -0.2) is 8.42 Å². The normalized spacial score (nSPS) is 13.7.